The van der Waals surface area contributed by atoms with Gasteiger partial charge in [0.05, 0.1) is 37.6 Å². The van der Waals surface area contributed by atoms with Gasteiger partial charge in [0.1, 0.15) is 30.5 Å². The van der Waals surface area contributed by atoms with Crippen LogP contribution in [0.4, 0.5) is 0 Å². The Morgan fingerprint density at radius 3 is 2.16 bits per heavy atom. The minimum Gasteiger partial charge on any atom is -0.490 e. The van der Waals surface area contributed by atoms with Crippen molar-refractivity contribution in [3.8, 4) is 0 Å². The summed E-state index contributed by atoms with van der Waals surface area (Å²) in [4.78, 5) is 13.8. The first kappa shape index (κ1) is 47.2. The van der Waals surface area contributed by atoms with Crippen LogP contribution in [-0.4, -0.2) is 126 Å². The van der Waals surface area contributed by atoms with Gasteiger partial charge >= 0.3 is 5.97 Å². The summed E-state index contributed by atoms with van der Waals surface area (Å²) in [6.07, 6.45) is -0.670. The van der Waals surface area contributed by atoms with Crippen molar-refractivity contribution in [2.45, 2.75) is 155 Å². The number of ether oxygens (including phenoxy) is 7. The molecule has 0 unspecified atom stereocenters. The van der Waals surface area contributed by atoms with Crippen molar-refractivity contribution >= 4 is 5.97 Å². The van der Waals surface area contributed by atoms with Crippen molar-refractivity contribution < 1.29 is 63.5 Å². The zero-order chi connectivity index (χ0) is 41.5. The molecule has 0 bridgehead atoms. The molecule has 0 spiro atoms. The Hall–Kier alpha value is -2.17. The number of hydrogen-bond donors (Lipinski definition) is 5. The van der Waals surface area contributed by atoms with E-state index in [1.165, 1.54) is 21.3 Å². The summed E-state index contributed by atoms with van der Waals surface area (Å²) >= 11 is 0. The Morgan fingerprint density at radius 2 is 1.58 bits per heavy atom. The lowest BCUT2D eigenvalue weighted by atomic mass is 9.76. The van der Waals surface area contributed by atoms with Crippen LogP contribution >= 0.6 is 0 Å². The maximum Gasteiger partial charge on any atom is 0.373 e. The van der Waals surface area contributed by atoms with Gasteiger partial charge in [0.2, 0.25) is 5.76 Å². The maximum atomic E-state index is 13.8. The zero-order valence-electron chi connectivity index (χ0n) is 35.1. The van der Waals surface area contributed by atoms with Crippen LogP contribution in [0, 0.1) is 35.5 Å². The predicted molar refractivity (Wildman–Crippen MR) is 206 cm³/mol. The molecule has 13 nitrogen and oxygen atoms in total. The predicted octanol–water partition coefficient (Wildman–Crippen LogP) is 4.20. The number of aliphatic hydroxyl groups excluding tert-OH is 4. The van der Waals surface area contributed by atoms with Gasteiger partial charge in [-0.15, -0.1) is 0 Å². The number of allylic oxidation sites excluding steroid dienone is 5. The van der Waals surface area contributed by atoms with Gasteiger partial charge in [0, 0.05) is 44.3 Å². The second kappa shape index (κ2) is 20.5. The molecule has 5 N–H and O–H groups in total. The molecule has 3 aliphatic heterocycles. The van der Waals surface area contributed by atoms with Crippen molar-refractivity contribution in [1.82, 2.24) is 0 Å². The highest BCUT2D eigenvalue weighted by Gasteiger charge is 2.54. The number of hydrogen-bond acceptors (Lipinski definition) is 13. The summed E-state index contributed by atoms with van der Waals surface area (Å²) in [6, 6.07) is 0. The number of cyclic esters (lactones) is 1. The van der Waals surface area contributed by atoms with Gasteiger partial charge in [-0.1, -0.05) is 83.9 Å². The molecule has 2 fully saturated rings. The van der Waals surface area contributed by atoms with Gasteiger partial charge in [-0.2, -0.15) is 0 Å². The molecule has 55 heavy (non-hydrogen) atoms. The SMILES string of the molecule is CO/C1=C\C(C)=C\[C@@H](C)[C@@H](O)[C@@H](C)C/C(C)=C/C=C/[C@H](OC)[C@@H]([C@@H](C)[C@@H](O)[C@H](C)[C@@]2(O)C[C@@H](O[C@H]3O[C@H](C)[C@@H](O)[C@H](O)[C@@H]3OC)[C@H](C)[C@@H](C(C)C)O2)OC1=O. The number of esters is 1. The fourth-order valence-electron chi connectivity index (χ4n) is 8.23. The lowest BCUT2D eigenvalue weighted by Gasteiger charge is -2.51. The molecular weight excluding hydrogens is 712 g/mol. The molecule has 17 atom stereocenters. The van der Waals surface area contributed by atoms with Crippen LogP contribution < -0.4 is 0 Å². The molecule has 0 aromatic heterocycles. The van der Waals surface area contributed by atoms with E-state index in [0.717, 1.165) is 5.57 Å². The first-order valence-corrected chi connectivity index (χ1v) is 19.7. The largest absolute Gasteiger partial charge is 0.490 e. The van der Waals surface area contributed by atoms with Crippen LogP contribution in [0.5, 0.6) is 0 Å². The molecule has 0 aliphatic carbocycles. The molecule has 0 radical (unpaired) electrons. The van der Waals surface area contributed by atoms with Crippen molar-refractivity contribution in [1.29, 1.82) is 0 Å². The van der Waals surface area contributed by atoms with Crippen LogP contribution in [0.2, 0.25) is 0 Å². The monoisotopic (exact) mass is 782 g/mol. The van der Waals surface area contributed by atoms with Crippen molar-refractivity contribution in [3.63, 3.8) is 0 Å². The van der Waals surface area contributed by atoms with E-state index in [-0.39, 0.29) is 35.9 Å². The molecule has 2 saturated heterocycles. The Kier molecular flexibility index (Phi) is 17.6. The van der Waals surface area contributed by atoms with Crippen LogP contribution in [0.15, 0.2) is 47.3 Å². The smallest absolute Gasteiger partial charge is 0.373 e. The highest BCUT2D eigenvalue weighted by atomic mass is 16.7. The van der Waals surface area contributed by atoms with Crippen molar-refractivity contribution in [2.75, 3.05) is 21.3 Å². The maximum absolute atomic E-state index is 13.8. The molecule has 3 heterocycles. The normalized spacial score (nSPS) is 43.8. The average molecular weight is 783 g/mol. The molecule has 3 rings (SSSR count). The number of methoxy groups -OCH3 is 3. The van der Waals surface area contributed by atoms with Crippen molar-refractivity contribution in [3.05, 3.63) is 47.3 Å². The fourth-order valence-corrected chi connectivity index (χ4v) is 8.23. The molecule has 0 saturated carbocycles. The number of rotatable bonds is 10. The van der Waals surface area contributed by atoms with Gasteiger partial charge in [0.15, 0.2) is 12.1 Å². The standard InChI is InChI=1S/C42H70O13/c1-21(2)37-26(7)32(53-41-39(51-13)36(46)35(45)29(10)52-41)20-42(48,55-37)28(9)34(44)27(8)38-30(49-11)16-14-15-22(3)17-24(5)33(43)25(6)18-23(4)19-31(50-12)40(47)54-38/h14-16,18-19,21,24-30,32-39,41,43-46,48H,17,20H2,1-13H3/b16-14+,22-15+,23-18+,31-19-/t24-,25+,26-,27-,28-,29+,30-,32+,33-,34+,35+,36-,37+,38+,39-,41+,42+/m0/s1. The van der Waals surface area contributed by atoms with Gasteiger partial charge < -0.3 is 58.7 Å². The van der Waals surface area contributed by atoms with E-state index in [9.17, 15) is 30.3 Å². The molecule has 0 amide bonds. The highest BCUT2D eigenvalue weighted by Crippen LogP contribution is 2.43. The van der Waals surface area contributed by atoms with Crippen LogP contribution in [0.1, 0.15) is 82.1 Å². The summed E-state index contributed by atoms with van der Waals surface area (Å²) in [6.45, 7) is 18.6. The van der Waals surface area contributed by atoms with Gasteiger partial charge in [-0.25, -0.2) is 4.79 Å². The Bertz CT molecular complexity index is 1360. The van der Waals surface area contributed by atoms with Crippen molar-refractivity contribution in [2.24, 2.45) is 35.5 Å². The Labute approximate surface area is 328 Å². The highest BCUT2D eigenvalue weighted by molar-refractivity contribution is 5.87. The number of carbonyl (C=O) groups excluding carboxylic acids is 1. The summed E-state index contributed by atoms with van der Waals surface area (Å²) in [7, 11) is 4.25. The minimum atomic E-state index is -1.92. The topological polar surface area (TPSA) is 183 Å². The molecule has 3 aliphatic rings. The minimum absolute atomic E-state index is 0.0363. The fraction of sp³-hybridized carbons (Fsp3) is 0.786. The lowest BCUT2D eigenvalue weighted by molar-refractivity contribution is -0.362. The van der Waals surface area contributed by atoms with E-state index in [1.807, 2.05) is 66.7 Å². The molecule has 13 heteroatoms. The van der Waals surface area contributed by atoms with E-state index in [4.69, 9.17) is 33.2 Å². The lowest BCUT2D eigenvalue weighted by Crippen LogP contribution is -2.62. The van der Waals surface area contributed by atoms with E-state index < -0.39 is 90.9 Å². The molecule has 0 aromatic rings. The number of aliphatic hydroxyl groups is 5. The van der Waals surface area contributed by atoms with E-state index in [0.29, 0.717) is 12.0 Å². The zero-order valence-corrected chi connectivity index (χ0v) is 35.1. The third kappa shape index (κ3) is 11.5. The Morgan fingerprint density at radius 1 is 0.927 bits per heavy atom. The Balaban J connectivity index is 2.00. The van der Waals surface area contributed by atoms with Gasteiger partial charge in [-0.05, 0) is 45.1 Å². The van der Waals surface area contributed by atoms with Gasteiger partial charge in [-0.3, -0.25) is 0 Å². The average Bonchev–Trinajstić information content (AvgIpc) is 3.13. The van der Waals surface area contributed by atoms with Crippen LogP contribution in [-0.2, 0) is 38.0 Å². The van der Waals surface area contributed by atoms with Gasteiger partial charge in [0.25, 0.3) is 0 Å². The first-order valence-electron chi connectivity index (χ1n) is 19.7. The molecule has 316 valence electrons. The van der Waals surface area contributed by atoms with E-state index in [1.54, 1.807) is 32.9 Å². The molecular formula is C42H70O13. The summed E-state index contributed by atoms with van der Waals surface area (Å²) < 4.78 is 41.8. The molecule has 0 aromatic carbocycles. The van der Waals surface area contributed by atoms with Crippen LogP contribution in [0.3, 0.4) is 0 Å². The second-order valence-corrected chi connectivity index (χ2v) is 16.6. The third-order valence-corrected chi connectivity index (χ3v) is 11.8. The first-order chi connectivity index (χ1) is 25.7. The number of carbonyl (C=O) groups is 1. The van der Waals surface area contributed by atoms with E-state index in [2.05, 4.69) is 0 Å². The summed E-state index contributed by atoms with van der Waals surface area (Å²) in [5.74, 6) is -5.08. The third-order valence-electron chi connectivity index (χ3n) is 11.8. The van der Waals surface area contributed by atoms with E-state index >= 15 is 0 Å². The quantitative estimate of drug-likeness (QED) is 0.199. The summed E-state index contributed by atoms with van der Waals surface area (Å²) in [5.41, 5.74) is 1.73. The summed E-state index contributed by atoms with van der Waals surface area (Å²) in [5, 5.41) is 56.6. The van der Waals surface area contributed by atoms with Crippen LogP contribution in [0.25, 0.3) is 0 Å². The second-order valence-electron chi connectivity index (χ2n) is 16.6.